The van der Waals surface area contributed by atoms with Crippen molar-refractivity contribution in [3.8, 4) is 11.5 Å². The molecule has 3 aromatic rings. The minimum Gasteiger partial charge on any atom is -0.493 e. The second kappa shape index (κ2) is 9.44. The first-order valence-electron chi connectivity index (χ1n) is 8.99. The maximum Gasteiger partial charge on any atom is 0.253 e. The largest absolute Gasteiger partial charge is 0.493 e. The van der Waals surface area contributed by atoms with Gasteiger partial charge in [0.25, 0.3) is 5.56 Å². The molecule has 0 aliphatic heterocycles. The third-order valence-electron chi connectivity index (χ3n) is 4.44. The maximum atomic E-state index is 12.6. The summed E-state index contributed by atoms with van der Waals surface area (Å²) in [6.07, 6.45) is 1.59. The van der Waals surface area contributed by atoms with Gasteiger partial charge in [0.15, 0.2) is 16.6 Å². The first-order valence-corrected chi connectivity index (χ1v) is 9.40. The molecule has 0 spiro atoms. The van der Waals surface area contributed by atoms with E-state index in [9.17, 15) is 9.90 Å². The number of hydrogen-bond donors (Lipinski definition) is 3. The van der Waals surface area contributed by atoms with E-state index in [1.165, 1.54) is 0 Å². The molecule has 1 aromatic carbocycles. The molecule has 9 heteroatoms. The molecule has 0 aliphatic carbocycles. The Morgan fingerprint density at radius 3 is 2.69 bits per heavy atom. The van der Waals surface area contributed by atoms with E-state index in [2.05, 4.69) is 10.3 Å². The molecule has 2 heterocycles. The third kappa shape index (κ3) is 4.87. The van der Waals surface area contributed by atoms with Crippen LogP contribution in [-0.2, 0) is 13.1 Å². The SMILES string of the molecule is COc1cc2cc(CN(CCO)C(=S)NCc3ccco3)c(=O)[nH]c2cc1OC. The van der Waals surface area contributed by atoms with Crippen molar-refractivity contribution in [3.63, 3.8) is 0 Å². The van der Waals surface area contributed by atoms with Gasteiger partial charge in [-0.15, -0.1) is 0 Å². The number of aromatic nitrogens is 1. The summed E-state index contributed by atoms with van der Waals surface area (Å²) in [5.74, 6) is 1.84. The van der Waals surface area contributed by atoms with Gasteiger partial charge in [0.2, 0.25) is 0 Å². The number of aliphatic hydroxyl groups is 1. The van der Waals surface area contributed by atoms with Crippen LogP contribution in [0.4, 0.5) is 0 Å². The molecule has 0 saturated heterocycles. The highest BCUT2D eigenvalue weighted by atomic mass is 32.1. The summed E-state index contributed by atoms with van der Waals surface area (Å²) in [5.41, 5.74) is 0.922. The molecular weight excluding hydrogens is 394 g/mol. The second-order valence-electron chi connectivity index (χ2n) is 6.30. The zero-order valence-corrected chi connectivity index (χ0v) is 17.0. The summed E-state index contributed by atoms with van der Waals surface area (Å²) in [6.45, 7) is 0.843. The average Bonchev–Trinajstić information content (AvgIpc) is 3.24. The highest BCUT2D eigenvalue weighted by Crippen LogP contribution is 2.31. The quantitative estimate of drug-likeness (QED) is 0.479. The normalized spacial score (nSPS) is 10.7. The van der Waals surface area contributed by atoms with Crippen LogP contribution in [0.2, 0.25) is 0 Å². The van der Waals surface area contributed by atoms with Gasteiger partial charge in [0, 0.05) is 23.6 Å². The zero-order chi connectivity index (χ0) is 20.8. The van der Waals surface area contributed by atoms with Crippen molar-refractivity contribution in [1.82, 2.24) is 15.2 Å². The fraction of sp³-hybridized carbons (Fsp3) is 0.300. The van der Waals surface area contributed by atoms with Crippen LogP contribution in [-0.4, -0.2) is 47.5 Å². The Balaban J connectivity index is 1.83. The van der Waals surface area contributed by atoms with Gasteiger partial charge < -0.3 is 34.2 Å². The molecule has 3 N–H and O–H groups in total. The van der Waals surface area contributed by atoms with E-state index in [0.717, 1.165) is 11.1 Å². The Kier molecular flexibility index (Phi) is 6.73. The topological polar surface area (TPSA) is 100.0 Å². The number of hydrogen-bond acceptors (Lipinski definition) is 6. The first kappa shape index (κ1) is 20.7. The predicted octanol–water partition coefficient (Wildman–Crippen LogP) is 2.01. The highest BCUT2D eigenvalue weighted by Gasteiger charge is 2.14. The van der Waals surface area contributed by atoms with E-state index in [-0.39, 0.29) is 25.3 Å². The lowest BCUT2D eigenvalue weighted by molar-refractivity contribution is 0.245. The van der Waals surface area contributed by atoms with Crippen LogP contribution >= 0.6 is 12.2 Å². The number of fused-ring (bicyclic) bond motifs is 1. The van der Waals surface area contributed by atoms with Crippen molar-refractivity contribution < 1.29 is 19.0 Å². The van der Waals surface area contributed by atoms with Gasteiger partial charge >= 0.3 is 0 Å². The number of nitrogens with zero attached hydrogens (tertiary/aromatic N) is 1. The van der Waals surface area contributed by atoms with E-state index in [4.69, 9.17) is 26.1 Å². The number of pyridine rings is 1. The minimum absolute atomic E-state index is 0.0981. The minimum atomic E-state index is -0.235. The van der Waals surface area contributed by atoms with E-state index < -0.39 is 0 Å². The van der Waals surface area contributed by atoms with E-state index in [1.54, 1.807) is 49.6 Å². The smallest absolute Gasteiger partial charge is 0.253 e. The van der Waals surface area contributed by atoms with Gasteiger partial charge in [-0.2, -0.15) is 0 Å². The molecule has 0 unspecified atom stereocenters. The van der Waals surface area contributed by atoms with Gasteiger partial charge in [-0.3, -0.25) is 4.79 Å². The lowest BCUT2D eigenvalue weighted by Crippen LogP contribution is -2.41. The Morgan fingerprint density at radius 2 is 2.03 bits per heavy atom. The molecule has 0 bridgehead atoms. The predicted molar refractivity (Wildman–Crippen MR) is 113 cm³/mol. The number of aliphatic hydroxyl groups excluding tert-OH is 1. The highest BCUT2D eigenvalue weighted by molar-refractivity contribution is 7.80. The van der Waals surface area contributed by atoms with Crippen LogP contribution in [0.3, 0.4) is 0 Å². The molecule has 2 aromatic heterocycles. The van der Waals surface area contributed by atoms with Crippen molar-refractivity contribution in [1.29, 1.82) is 0 Å². The summed E-state index contributed by atoms with van der Waals surface area (Å²) < 4.78 is 15.9. The zero-order valence-electron chi connectivity index (χ0n) is 16.2. The molecule has 0 fully saturated rings. The van der Waals surface area contributed by atoms with Gasteiger partial charge in [0.05, 0.1) is 45.7 Å². The van der Waals surface area contributed by atoms with Gasteiger partial charge in [-0.1, -0.05) is 0 Å². The van der Waals surface area contributed by atoms with Crippen LogP contribution < -0.4 is 20.3 Å². The molecule has 0 saturated carbocycles. The number of nitrogens with one attached hydrogen (secondary N) is 2. The number of furan rings is 1. The van der Waals surface area contributed by atoms with Gasteiger partial charge in [-0.05, 0) is 36.5 Å². The lowest BCUT2D eigenvalue weighted by Gasteiger charge is -2.24. The van der Waals surface area contributed by atoms with Crippen LogP contribution in [0, 0.1) is 0 Å². The monoisotopic (exact) mass is 417 g/mol. The molecule has 0 atom stereocenters. The van der Waals surface area contributed by atoms with Crippen molar-refractivity contribution >= 4 is 28.2 Å². The van der Waals surface area contributed by atoms with Crippen molar-refractivity contribution in [3.05, 3.63) is 58.3 Å². The van der Waals surface area contributed by atoms with Crippen molar-refractivity contribution in [2.24, 2.45) is 0 Å². The number of H-pyrrole nitrogens is 1. The Morgan fingerprint density at radius 1 is 1.28 bits per heavy atom. The fourth-order valence-electron chi connectivity index (χ4n) is 2.96. The molecular formula is C20H23N3O5S. The van der Waals surface area contributed by atoms with E-state index >= 15 is 0 Å². The number of rotatable bonds is 8. The van der Waals surface area contributed by atoms with Crippen LogP contribution in [0.5, 0.6) is 11.5 Å². The summed E-state index contributed by atoms with van der Waals surface area (Å²) in [5, 5.41) is 13.7. The van der Waals surface area contributed by atoms with Crippen molar-refractivity contribution in [2.45, 2.75) is 13.1 Å². The van der Waals surface area contributed by atoms with Gasteiger partial charge in [0.1, 0.15) is 5.76 Å². The van der Waals surface area contributed by atoms with Crippen LogP contribution in [0.25, 0.3) is 10.9 Å². The Bertz CT molecular complexity index is 1030. The number of thiocarbonyl (C=S) groups is 1. The van der Waals surface area contributed by atoms with E-state index in [0.29, 0.717) is 34.2 Å². The fourth-order valence-corrected chi connectivity index (χ4v) is 3.19. The lowest BCUT2D eigenvalue weighted by atomic mass is 10.1. The number of aromatic amines is 1. The number of ether oxygens (including phenoxy) is 2. The second-order valence-corrected chi connectivity index (χ2v) is 6.69. The molecule has 0 radical (unpaired) electrons. The number of benzene rings is 1. The molecule has 154 valence electrons. The van der Waals surface area contributed by atoms with Crippen molar-refractivity contribution in [2.75, 3.05) is 27.4 Å². The first-order chi connectivity index (χ1) is 14.0. The average molecular weight is 417 g/mol. The maximum absolute atomic E-state index is 12.6. The molecule has 3 rings (SSSR count). The molecule has 0 aliphatic rings. The van der Waals surface area contributed by atoms with Crippen LogP contribution in [0.1, 0.15) is 11.3 Å². The summed E-state index contributed by atoms with van der Waals surface area (Å²) in [4.78, 5) is 17.2. The standard InChI is InChI=1S/C20H23N3O5S/c1-26-17-9-13-8-14(19(25)22-16(13)10-18(17)27-2)12-23(5-6-24)20(29)21-11-15-4-3-7-28-15/h3-4,7-10,24H,5-6,11-12H2,1-2H3,(H,21,29)(H,22,25). The summed E-state index contributed by atoms with van der Waals surface area (Å²) in [6, 6.07) is 8.94. The molecule has 0 amide bonds. The summed E-state index contributed by atoms with van der Waals surface area (Å²) >= 11 is 5.44. The van der Waals surface area contributed by atoms with E-state index in [1.807, 2.05) is 6.07 Å². The molecule has 29 heavy (non-hydrogen) atoms. The Hall–Kier alpha value is -3.04. The van der Waals surface area contributed by atoms with Gasteiger partial charge in [-0.25, -0.2) is 0 Å². The Labute approximate surface area is 173 Å². The molecule has 8 nitrogen and oxygen atoms in total. The van der Waals surface area contributed by atoms with Crippen LogP contribution in [0.15, 0.2) is 45.8 Å². The third-order valence-corrected chi connectivity index (χ3v) is 4.84. The number of methoxy groups -OCH3 is 2. The summed E-state index contributed by atoms with van der Waals surface area (Å²) in [7, 11) is 3.10.